The summed E-state index contributed by atoms with van der Waals surface area (Å²) in [5.41, 5.74) is 3.79. The van der Waals surface area contributed by atoms with Crippen LogP contribution in [-0.4, -0.2) is 7.11 Å². The van der Waals surface area contributed by atoms with Gasteiger partial charge in [-0.05, 0) is 96.2 Å². The highest BCUT2D eigenvalue weighted by Gasteiger charge is 2.19. The second kappa shape index (κ2) is 6.70. The second-order valence-electron chi connectivity index (χ2n) is 9.00. The molecule has 0 N–H and O–H groups in total. The van der Waals surface area contributed by atoms with E-state index in [9.17, 15) is 0 Å². The summed E-state index contributed by atoms with van der Waals surface area (Å²) in [6.45, 7) is 2.14. The fourth-order valence-corrected chi connectivity index (χ4v) is 5.58. The molecule has 0 aliphatic rings. The van der Waals surface area contributed by atoms with Crippen LogP contribution < -0.4 is 4.74 Å². The van der Waals surface area contributed by atoms with Gasteiger partial charge in [0, 0.05) is 0 Å². The molecule has 156 valence electrons. The topological polar surface area (TPSA) is 9.23 Å². The predicted molar refractivity (Wildman–Crippen MR) is 142 cm³/mol. The SMILES string of the molecule is COc1cc2c3ccccc3c3cc(-c4ccc(C)cc4)cc4c5ccccc5c(c1)c2c34. The first kappa shape index (κ1) is 18.5. The molecule has 0 heterocycles. The highest BCUT2D eigenvalue weighted by atomic mass is 16.5. The second-order valence-corrected chi connectivity index (χ2v) is 9.00. The molecule has 0 spiro atoms. The van der Waals surface area contributed by atoms with Crippen molar-refractivity contribution >= 4 is 53.9 Å². The van der Waals surface area contributed by atoms with E-state index in [4.69, 9.17) is 4.74 Å². The van der Waals surface area contributed by atoms with Crippen molar-refractivity contribution in [1.82, 2.24) is 0 Å². The largest absolute Gasteiger partial charge is 0.497 e. The number of ether oxygens (including phenoxy) is 1. The molecule has 1 heteroatoms. The summed E-state index contributed by atoms with van der Waals surface area (Å²) in [5, 5.41) is 12.9. The Hall–Kier alpha value is -4.10. The summed E-state index contributed by atoms with van der Waals surface area (Å²) in [5.74, 6) is 0.900. The fraction of sp³-hybridized carbons (Fsp3) is 0.0625. The van der Waals surface area contributed by atoms with Crippen molar-refractivity contribution in [2.45, 2.75) is 6.92 Å². The number of benzene rings is 7. The number of rotatable bonds is 2. The Morgan fingerprint density at radius 1 is 0.455 bits per heavy atom. The Kier molecular flexibility index (Phi) is 3.75. The molecule has 0 radical (unpaired) electrons. The third-order valence-electron chi connectivity index (χ3n) is 7.14. The van der Waals surface area contributed by atoms with Crippen LogP contribution in [0.4, 0.5) is 0 Å². The summed E-state index contributed by atoms with van der Waals surface area (Å²) in [6, 6.07) is 35.6. The van der Waals surface area contributed by atoms with E-state index in [1.54, 1.807) is 7.11 Å². The van der Waals surface area contributed by atoms with Gasteiger partial charge in [-0.3, -0.25) is 0 Å². The first-order chi connectivity index (χ1) is 16.2. The molecule has 0 aliphatic carbocycles. The van der Waals surface area contributed by atoms with Crippen LogP contribution in [0.25, 0.3) is 65.0 Å². The maximum Gasteiger partial charge on any atom is 0.120 e. The van der Waals surface area contributed by atoms with Gasteiger partial charge < -0.3 is 4.74 Å². The lowest BCUT2D eigenvalue weighted by atomic mass is 9.84. The molecule has 7 rings (SSSR count). The van der Waals surface area contributed by atoms with Crippen LogP contribution in [0.2, 0.25) is 0 Å². The maximum atomic E-state index is 5.75. The van der Waals surface area contributed by atoms with Gasteiger partial charge in [-0.1, -0.05) is 78.4 Å². The highest BCUT2D eigenvalue weighted by molar-refractivity contribution is 6.40. The van der Waals surface area contributed by atoms with E-state index in [0.717, 1.165) is 5.75 Å². The molecule has 0 unspecified atom stereocenters. The Morgan fingerprint density at radius 2 is 0.879 bits per heavy atom. The van der Waals surface area contributed by atoms with Crippen molar-refractivity contribution in [2.75, 3.05) is 7.11 Å². The molecule has 7 aromatic rings. The average Bonchev–Trinajstić information content (AvgIpc) is 2.88. The summed E-state index contributed by atoms with van der Waals surface area (Å²) in [7, 11) is 1.76. The predicted octanol–water partition coefficient (Wildman–Crippen LogP) is 8.87. The monoisotopic (exact) mass is 422 g/mol. The Balaban J connectivity index is 1.81. The van der Waals surface area contributed by atoms with Gasteiger partial charge in [0.2, 0.25) is 0 Å². The highest BCUT2D eigenvalue weighted by Crippen LogP contribution is 2.47. The van der Waals surface area contributed by atoms with Crippen LogP contribution in [0.3, 0.4) is 0 Å². The molecule has 0 fully saturated rings. The molecular formula is C32H22O. The smallest absolute Gasteiger partial charge is 0.120 e. The van der Waals surface area contributed by atoms with E-state index in [1.165, 1.54) is 70.6 Å². The lowest BCUT2D eigenvalue weighted by Crippen LogP contribution is -1.92. The van der Waals surface area contributed by atoms with E-state index in [1.807, 2.05) is 0 Å². The van der Waals surface area contributed by atoms with Crippen molar-refractivity contribution in [3.8, 4) is 16.9 Å². The van der Waals surface area contributed by atoms with Crippen LogP contribution in [0, 0.1) is 6.92 Å². The Labute approximate surface area is 192 Å². The third-order valence-corrected chi connectivity index (χ3v) is 7.14. The minimum atomic E-state index is 0.900. The van der Waals surface area contributed by atoms with Crippen LogP contribution in [0.15, 0.2) is 97.1 Å². The number of fused-ring (bicyclic) bond motifs is 6. The third kappa shape index (κ3) is 2.54. The number of hydrogen-bond acceptors (Lipinski definition) is 1. The van der Waals surface area contributed by atoms with Gasteiger partial charge in [0.1, 0.15) is 5.75 Å². The van der Waals surface area contributed by atoms with Crippen LogP contribution in [-0.2, 0) is 0 Å². The van der Waals surface area contributed by atoms with Crippen molar-refractivity contribution < 1.29 is 4.74 Å². The number of methoxy groups -OCH3 is 1. The molecule has 0 aliphatic heterocycles. The summed E-state index contributed by atoms with van der Waals surface area (Å²) in [6.07, 6.45) is 0. The first-order valence-electron chi connectivity index (χ1n) is 11.4. The van der Waals surface area contributed by atoms with Crippen molar-refractivity contribution in [1.29, 1.82) is 0 Å². The molecule has 0 amide bonds. The quantitative estimate of drug-likeness (QED) is 0.200. The molecule has 7 aromatic carbocycles. The first-order valence-corrected chi connectivity index (χ1v) is 11.4. The van der Waals surface area contributed by atoms with Crippen molar-refractivity contribution in [3.63, 3.8) is 0 Å². The normalized spacial score (nSPS) is 11.9. The van der Waals surface area contributed by atoms with Crippen LogP contribution in [0.5, 0.6) is 5.75 Å². The minimum Gasteiger partial charge on any atom is -0.497 e. The van der Waals surface area contributed by atoms with E-state index in [2.05, 4.69) is 104 Å². The number of hydrogen-bond donors (Lipinski definition) is 0. The molecule has 0 saturated carbocycles. The molecule has 1 nitrogen and oxygen atoms in total. The van der Waals surface area contributed by atoms with Crippen molar-refractivity contribution in [3.05, 3.63) is 103 Å². The fourth-order valence-electron chi connectivity index (χ4n) is 5.58. The van der Waals surface area contributed by atoms with E-state index in [0.29, 0.717) is 0 Å². The van der Waals surface area contributed by atoms with Crippen LogP contribution in [0.1, 0.15) is 5.56 Å². The zero-order chi connectivity index (χ0) is 22.1. The van der Waals surface area contributed by atoms with E-state index >= 15 is 0 Å². The molecule has 0 saturated heterocycles. The molecular weight excluding hydrogens is 400 g/mol. The summed E-state index contributed by atoms with van der Waals surface area (Å²) in [4.78, 5) is 0. The molecule has 0 bridgehead atoms. The van der Waals surface area contributed by atoms with Gasteiger partial charge in [-0.25, -0.2) is 0 Å². The summed E-state index contributed by atoms with van der Waals surface area (Å²) >= 11 is 0. The maximum absolute atomic E-state index is 5.75. The van der Waals surface area contributed by atoms with E-state index in [-0.39, 0.29) is 0 Å². The van der Waals surface area contributed by atoms with Gasteiger partial charge in [-0.15, -0.1) is 0 Å². The Bertz CT molecular complexity index is 1740. The van der Waals surface area contributed by atoms with E-state index < -0.39 is 0 Å². The van der Waals surface area contributed by atoms with Gasteiger partial charge in [-0.2, -0.15) is 0 Å². The van der Waals surface area contributed by atoms with Gasteiger partial charge in [0.05, 0.1) is 7.11 Å². The zero-order valence-corrected chi connectivity index (χ0v) is 18.6. The van der Waals surface area contributed by atoms with Crippen LogP contribution >= 0.6 is 0 Å². The molecule has 33 heavy (non-hydrogen) atoms. The van der Waals surface area contributed by atoms with Gasteiger partial charge in [0.15, 0.2) is 0 Å². The minimum absolute atomic E-state index is 0.900. The Morgan fingerprint density at radius 3 is 1.30 bits per heavy atom. The lowest BCUT2D eigenvalue weighted by Gasteiger charge is -2.19. The van der Waals surface area contributed by atoms with Gasteiger partial charge >= 0.3 is 0 Å². The average molecular weight is 423 g/mol. The van der Waals surface area contributed by atoms with Crippen molar-refractivity contribution in [2.24, 2.45) is 0 Å². The van der Waals surface area contributed by atoms with Gasteiger partial charge in [0.25, 0.3) is 0 Å². The standard InChI is InChI=1S/C32H22O/c1-19-11-13-20(14-12-19)21-15-27-23-7-3-5-9-25(23)29-17-22(33-2)18-30-26-10-6-4-8-24(26)28(16-21)31(27)32(29)30/h3-18H,1-2H3. The lowest BCUT2D eigenvalue weighted by molar-refractivity contribution is 0.416. The molecule has 0 atom stereocenters. The number of aryl methyl sites for hydroxylation is 1. The zero-order valence-electron chi connectivity index (χ0n) is 18.6. The summed E-state index contributed by atoms with van der Waals surface area (Å²) < 4.78 is 5.75. The molecule has 0 aromatic heterocycles.